The van der Waals surface area contributed by atoms with Gasteiger partial charge in [-0.25, -0.2) is 8.42 Å². The van der Waals surface area contributed by atoms with Crippen LogP contribution in [0.5, 0.6) is 5.75 Å². The van der Waals surface area contributed by atoms with Gasteiger partial charge in [0, 0.05) is 19.7 Å². The van der Waals surface area contributed by atoms with Gasteiger partial charge in [0.2, 0.25) is 10.0 Å². The first-order valence-corrected chi connectivity index (χ1v) is 10.3. The molecular weight excluding hydrogens is 392 g/mol. The van der Waals surface area contributed by atoms with E-state index in [0.717, 1.165) is 5.56 Å². The van der Waals surface area contributed by atoms with Gasteiger partial charge in [0.25, 0.3) is 0 Å². The van der Waals surface area contributed by atoms with Crippen molar-refractivity contribution in [3.05, 3.63) is 100 Å². The Balaban J connectivity index is 1.82. The third kappa shape index (κ3) is 4.98. The van der Waals surface area contributed by atoms with E-state index in [1.165, 1.54) is 41.7 Å². The summed E-state index contributed by atoms with van der Waals surface area (Å²) in [6.07, 6.45) is 0. The summed E-state index contributed by atoms with van der Waals surface area (Å²) < 4.78 is 32.3. The number of hydrogen-bond acceptors (Lipinski definition) is 5. The van der Waals surface area contributed by atoms with E-state index in [4.69, 9.17) is 4.74 Å². The van der Waals surface area contributed by atoms with Gasteiger partial charge in [-0.2, -0.15) is 4.31 Å². The Hall–Kier alpha value is -3.23. The maximum atomic E-state index is 12.7. The molecule has 0 radical (unpaired) electrons. The van der Waals surface area contributed by atoms with Crippen LogP contribution < -0.4 is 4.74 Å². The van der Waals surface area contributed by atoms with Crippen molar-refractivity contribution in [3.63, 3.8) is 0 Å². The molecule has 150 valence electrons. The van der Waals surface area contributed by atoms with Crippen molar-refractivity contribution < 1.29 is 18.1 Å². The average Bonchev–Trinajstić information content (AvgIpc) is 2.73. The predicted octanol–water partition coefficient (Wildman–Crippen LogP) is 3.99. The zero-order chi connectivity index (χ0) is 20.9. The zero-order valence-corrected chi connectivity index (χ0v) is 16.6. The van der Waals surface area contributed by atoms with Gasteiger partial charge in [0.05, 0.1) is 9.82 Å². The standard InChI is InChI=1S/C21H20N2O5S/c1-22(29(26,27)19-10-6-3-7-11-19)15-18-12-13-20(23(24)25)21(14-18)28-16-17-8-4-2-5-9-17/h2-14H,15-16H2,1H3. The fraction of sp³-hybridized carbons (Fsp3) is 0.143. The van der Waals surface area contributed by atoms with Gasteiger partial charge in [0.1, 0.15) is 6.61 Å². The summed E-state index contributed by atoms with van der Waals surface area (Å²) in [4.78, 5) is 11.0. The summed E-state index contributed by atoms with van der Waals surface area (Å²) >= 11 is 0. The van der Waals surface area contributed by atoms with Crippen LogP contribution in [0.1, 0.15) is 11.1 Å². The van der Waals surface area contributed by atoms with Gasteiger partial charge in [-0.1, -0.05) is 54.6 Å². The number of sulfonamides is 1. The molecule has 3 rings (SSSR count). The first kappa shape index (κ1) is 20.5. The largest absolute Gasteiger partial charge is 0.482 e. The van der Waals surface area contributed by atoms with E-state index in [1.54, 1.807) is 18.2 Å². The van der Waals surface area contributed by atoms with Gasteiger partial charge >= 0.3 is 5.69 Å². The summed E-state index contributed by atoms with van der Waals surface area (Å²) in [5.74, 6) is 0.0989. The molecule has 0 spiro atoms. The molecule has 3 aromatic carbocycles. The molecule has 3 aromatic rings. The van der Waals surface area contributed by atoms with E-state index in [1.807, 2.05) is 30.3 Å². The lowest BCUT2D eigenvalue weighted by Crippen LogP contribution is -2.26. The Kier molecular flexibility index (Phi) is 6.26. The van der Waals surface area contributed by atoms with Crippen molar-refractivity contribution >= 4 is 15.7 Å². The molecule has 0 fully saturated rings. The van der Waals surface area contributed by atoms with Crippen LogP contribution in [0, 0.1) is 10.1 Å². The van der Waals surface area contributed by atoms with Crippen LogP contribution in [-0.2, 0) is 23.2 Å². The van der Waals surface area contributed by atoms with Crippen molar-refractivity contribution in [3.8, 4) is 5.75 Å². The first-order chi connectivity index (χ1) is 13.9. The van der Waals surface area contributed by atoms with Gasteiger partial charge in [-0.15, -0.1) is 0 Å². The van der Waals surface area contributed by atoms with Gasteiger partial charge in [-0.05, 0) is 29.3 Å². The Morgan fingerprint density at radius 2 is 1.55 bits per heavy atom. The highest BCUT2D eigenvalue weighted by atomic mass is 32.2. The molecule has 0 heterocycles. The lowest BCUT2D eigenvalue weighted by molar-refractivity contribution is -0.386. The molecule has 0 unspecified atom stereocenters. The van der Waals surface area contributed by atoms with Crippen LogP contribution >= 0.6 is 0 Å². The van der Waals surface area contributed by atoms with E-state index in [2.05, 4.69) is 0 Å². The number of nitro groups is 1. The Bertz CT molecular complexity index is 1090. The molecule has 8 heteroatoms. The third-order valence-electron chi connectivity index (χ3n) is 4.31. The Labute approximate surface area is 169 Å². The van der Waals surface area contributed by atoms with E-state index in [0.29, 0.717) is 5.56 Å². The minimum atomic E-state index is -3.67. The predicted molar refractivity (Wildman–Crippen MR) is 109 cm³/mol. The number of nitro benzene ring substituents is 1. The van der Waals surface area contributed by atoms with E-state index in [-0.39, 0.29) is 29.5 Å². The van der Waals surface area contributed by atoms with E-state index in [9.17, 15) is 18.5 Å². The second-order valence-corrected chi connectivity index (χ2v) is 8.45. The smallest absolute Gasteiger partial charge is 0.310 e. The van der Waals surface area contributed by atoms with Crippen LogP contribution in [0.25, 0.3) is 0 Å². The van der Waals surface area contributed by atoms with E-state index >= 15 is 0 Å². The van der Waals surface area contributed by atoms with Crippen molar-refractivity contribution in [2.75, 3.05) is 7.05 Å². The normalized spacial score (nSPS) is 11.4. The monoisotopic (exact) mass is 412 g/mol. The van der Waals surface area contributed by atoms with Crippen LogP contribution in [0.15, 0.2) is 83.8 Å². The number of nitrogens with zero attached hydrogens (tertiary/aromatic N) is 2. The fourth-order valence-corrected chi connectivity index (χ4v) is 3.95. The van der Waals surface area contributed by atoms with Crippen molar-refractivity contribution in [1.82, 2.24) is 4.31 Å². The topological polar surface area (TPSA) is 89.8 Å². The molecule has 0 N–H and O–H groups in total. The first-order valence-electron chi connectivity index (χ1n) is 8.83. The molecule has 0 bridgehead atoms. The van der Waals surface area contributed by atoms with Crippen molar-refractivity contribution in [1.29, 1.82) is 0 Å². The Morgan fingerprint density at radius 3 is 2.17 bits per heavy atom. The third-order valence-corrected chi connectivity index (χ3v) is 6.13. The molecule has 0 saturated heterocycles. The minimum Gasteiger partial charge on any atom is -0.482 e. The highest BCUT2D eigenvalue weighted by Crippen LogP contribution is 2.30. The fourth-order valence-electron chi connectivity index (χ4n) is 2.77. The molecular formula is C21H20N2O5S. The quantitative estimate of drug-likeness (QED) is 0.412. The van der Waals surface area contributed by atoms with Crippen LogP contribution in [0.4, 0.5) is 5.69 Å². The number of hydrogen-bond donors (Lipinski definition) is 0. The lowest BCUT2D eigenvalue weighted by atomic mass is 10.2. The highest BCUT2D eigenvalue weighted by molar-refractivity contribution is 7.89. The van der Waals surface area contributed by atoms with Crippen molar-refractivity contribution in [2.45, 2.75) is 18.0 Å². The van der Waals surface area contributed by atoms with Crippen LogP contribution in [-0.4, -0.2) is 24.7 Å². The molecule has 0 amide bonds. The second-order valence-electron chi connectivity index (χ2n) is 6.41. The maximum Gasteiger partial charge on any atom is 0.310 e. The summed E-state index contributed by atoms with van der Waals surface area (Å²) in [6.45, 7) is 0.222. The van der Waals surface area contributed by atoms with E-state index < -0.39 is 14.9 Å². The SMILES string of the molecule is CN(Cc1ccc([N+](=O)[O-])c(OCc2ccccc2)c1)S(=O)(=O)c1ccccc1. The average molecular weight is 412 g/mol. The summed E-state index contributed by atoms with van der Waals surface area (Å²) in [5, 5.41) is 11.3. The molecule has 0 aliphatic rings. The summed E-state index contributed by atoms with van der Waals surface area (Å²) in [6, 6.07) is 21.8. The maximum absolute atomic E-state index is 12.7. The molecule has 0 aromatic heterocycles. The van der Waals surface area contributed by atoms with Crippen molar-refractivity contribution in [2.24, 2.45) is 0 Å². The van der Waals surface area contributed by atoms with Gasteiger partial charge < -0.3 is 4.74 Å². The molecule has 29 heavy (non-hydrogen) atoms. The molecule has 0 aliphatic heterocycles. The summed E-state index contributed by atoms with van der Waals surface area (Å²) in [7, 11) is -2.21. The molecule has 7 nitrogen and oxygen atoms in total. The number of ether oxygens (including phenoxy) is 1. The zero-order valence-electron chi connectivity index (χ0n) is 15.8. The molecule has 0 aliphatic carbocycles. The summed E-state index contributed by atoms with van der Waals surface area (Å²) in [5.41, 5.74) is 1.29. The molecule has 0 atom stereocenters. The molecule has 0 saturated carbocycles. The number of rotatable bonds is 8. The van der Waals surface area contributed by atoms with Crippen LogP contribution in [0.3, 0.4) is 0 Å². The van der Waals surface area contributed by atoms with Gasteiger partial charge in [-0.3, -0.25) is 10.1 Å². The number of benzene rings is 3. The van der Waals surface area contributed by atoms with Gasteiger partial charge in [0.15, 0.2) is 5.75 Å². The van der Waals surface area contributed by atoms with Crippen LogP contribution in [0.2, 0.25) is 0 Å². The Morgan fingerprint density at radius 1 is 0.931 bits per heavy atom. The second kappa shape index (κ2) is 8.85. The minimum absolute atomic E-state index is 0.0525. The lowest BCUT2D eigenvalue weighted by Gasteiger charge is -2.18. The highest BCUT2D eigenvalue weighted by Gasteiger charge is 2.22.